The second-order valence-corrected chi connectivity index (χ2v) is 6.77. The van der Waals surface area contributed by atoms with Crippen LogP contribution in [0.15, 0.2) is 41.1 Å². The van der Waals surface area contributed by atoms with Gasteiger partial charge in [-0.3, -0.25) is 4.79 Å². The molecule has 0 fully saturated rings. The molecule has 1 heterocycles. The van der Waals surface area contributed by atoms with Crippen molar-refractivity contribution in [2.45, 2.75) is 12.8 Å². The van der Waals surface area contributed by atoms with Crippen LogP contribution in [0.3, 0.4) is 0 Å². The highest BCUT2D eigenvalue weighted by atomic mass is 19.2. The largest absolute Gasteiger partial charge is 0.399 e. The first-order valence-electron chi connectivity index (χ1n) is 8.44. The molecule has 0 radical (unpaired) electrons. The molecule has 2 atom stereocenters. The van der Waals surface area contributed by atoms with Gasteiger partial charge >= 0.3 is 0 Å². The number of rotatable bonds is 1. The average molecular weight is 379 g/mol. The molecule has 1 aliphatic carbocycles. The molecule has 3 rings (SSSR count). The van der Waals surface area contributed by atoms with Crippen molar-refractivity contribution < 1.29 is 13.6 Å². The van der Waals surface area contributed by atoms with Crippen LogP contribution in [-0.4, -0.2) is 23.9 Å². The molecule has 0 unspecified atom stereocenters. The van der Waals surface area contributed by atoms with Crippen molar-refractivity contribution in [3.05, 3.63) is 58.3 Å². The highest BCUT2D eigenvalue weighted by Gasteiger charge is 2.54. The summed E-state index contributed by atoms with van der Waals surface area (Å²) in [5.41, 5.74) is 4.66. The van der Waals surface area contributed by atoms with Crippen LogP contribution in [0.25, 0.3) is 0 Å². The number of benzene rings is 1. The van der Waals surface area contributed by atoms with Gasteiger partial charge in [0.05, 0.1) is 23.4 Å². The molecule has 0 saturated heterocycles. The minimum absolute atomic E-state index is 0.0233. The van der Waals surface area contributed by atoms with E-state index in [-0.39, 0.29) is 35.8 Å². The van der Waals surface area contributed by atoms with Crippen LogP contribution < -0.4 is 5.73 Å². The Hall–Kier alpha value is -3.70. The van der Waals surface area contributed by atoms with Crippen molar-refractivity contribution in [2.24, 2.45) is 17.1 Å². The molecule has 0 bridgehead atoms. The summed E-state index contributed by atoms with van der Waals surface area (Å²) in [6, 6.07) is 8.90. The number of hydrogen-bond acceptors (Lipinski definition) is 5. The van der Waals surface area contributed by atoms with E-state index in [1.54, 1.807) is 6.08 Å². The van der Waals surface area contributed by atoms with Crippen molar-refractivity contribution >= 4 is 5.91 Å². The Labute approximate surface area is 160 Å². The minimum Gasteiger partial charge on any atom is -0.399 e. The first kappa shape index (κ1) is 19.1. The maximum atomic E-state index is 13.9. The molecule has 0 spiro atoms. The monoisotopic (exact) mass is 379 g/mol. The van der Waals surface area contributed by atoms with Crippen LogP contribution in [0.5, 0.6) is 0 Å². The minimum atomic E-state index is -1.96. The van der Waals surface area contributed by atoms with Gasteiger partial charge in [0.25, 0.3) is 0 Å². The summed E-state index contributed by atoms with van der Waals surface area (Å²) in [5, 5.41) is 29.4. The van der Waals surface area contributed by atoms with Gasteiger partial charge in [-0.05, 0) is 23.3 Å². The maximum Gasteiger partial charge on any atom is 0.219 e. The smallest absolute Gasteiger partial charge is 0.219 e. The fourth-order valence-electron chi connectivity index (χ4n) is 4.02. The first-order valence-corrected chi connectivity index (χ1v) is 8.44. The van der Waals surface area contributed by atoms with Gasteiger partial charge in [0, 0.05) is 31.8 Å². The lowest BCUT2D eigenvalue weighted by molar-refractivity contribution is -0.129. The van der Waals surface area contributed by atoms with Gasteiger partial charge < -0.3 is 10.6 Å². The van der Waals surface area contributed by atoms with E-state index >= 15 is 0 Å². The second kappa shape index (κ2) is 6.79. The first-order chi connectivity index (χ1) is 13.3. The molecule has 0 saturated carbocycles. The average Bonchev–Trinajstić information content (AvgIpc) is 2.69. The zero-order valence-corrected chi connectivity index (χ0v) is 14.9. The predicted octanol–water partition coefficient (Wildman–Crippen LogP) is 2.24. The molecule has 1 aliphatic heterocycles. The number of amides is 1. The lowest BCUT2D eigenvalue weighted by atomic mass is 9.58. The van der Waals surface area contributed by atoms with Gasteiger partial charge in [0.1, 0.15) is 6.07 Å². The molecule has 0 aromatic heterocycles. The van der Waals surface area contributed by atoms with Gasteiger partial charge in [0.15, 0.2) is 17.0 Å². The fraction of sp³-hybridized carbons (Fsp3) is 0.300. The maximum absolute atomic E-state index is 13.9. The summed E-state index contributed by atoms with van der Waals surface area (Å²) in [5.74, 6) is -4.04. The zero-order valence-electron chi connectivity index (χ0n) is 14.9. The highest BCUT2D eigenvalue weighted by molar-refractivity contribution is 5.74. The van der Waals surface area contributed by atoms with Crippen molar-refractivity contribution in [1.29, 1.82) is 15.8 Å². The third-order valence-electron chi connectivity index (χ3n) is 5.41. The van der Waals surface area contributed by atoms with Crippen LogP contribution in [-0.2, 0) is 4.79 Å². The quantitative estimate of drug-likeness (QED) is 0.803. The summed E-state index contributed by atoms with van der Waals surface area (Å²) in [6.07, 6.45) is 1.66. The summed E-state index contributed by atoms with van der Waals surface area (Å²) in [4.78, 5) is 13.4. The lowest BCUT2D eigenvalue weighted by Crippen LogP contribution is -2.48. The lowest BCUT2D eigenvalue weighted by Gasteiger charge is -2.45. The molecular weight excluding hydrogens is 364 g/mol. The summed E-state index contributed by atoms with van der Waals surface area (Å²) in [7, 11) is 0. The van der Waals surface area contributed by atoms with Crippen LogP contribution >= 0.6 is 0 Å². The topological polar surface area (TPSA) is 118 Å². The van der Waals surface area contributed by atoms with Crippen molar-refractivity contribution in [3.63, 3.8) is 0 Å². The Morgan fingerprint density at radius 3 is 2.46 bits per heavy atom. The number of halogens is 2. The van der Waals surface area contributed by atoms with Gasteiger partial charge in [0.2, 0.25) is 5.91 Å². The number of allylic oxidation sites excluding steroid dienone is 2. The van der Waals surface area contributed by atoms with Crippen LogP contribution in [0.2, 0.25) is 0 Å². The Bertz CT molecular complexity index is 1040. The second-order valence-electron chi connectivity index (χ2n) is 6.77. The summed E-state index contributed by atoms with van der Waals surface area (Å²) < 4.78 is 27.4. The summed E-state index contributed by atoms with van der Waals surface area (Å²) in [6.45, 7) is 1.75. The zero-order chi connectivity index (χ0) is 20.6. The van der Waals surface area contributed by atoms with E-state index in [9.17, 15) is 29.4 Å². The van der Waals surface area contributed by atoms with Gasteiger partial charge in [-0.15, -0.1) is 0 Å². The van der Waals surface area contributed by atoms with E-state index in [1.165, 1.54) is 17.9 Å². The normalized spacial score (nSPS) is 23.0. The van der Waals surface area contributed by atoms with Crippen molar-refractivity contribution in [3.8, 4) is 18.2 Å². The third-order valence-corrected chi connectivity index (χ3v) is 5.41. The molecule has 8 heteroatoms. The Morgan fingerprint density at radius 2 is 1.93 bits per heavy atom. The molecule has 2 N–H and O–H groups in total. The Balaban J connectivity index is 2.33. The SMILES string of the molecule is CC(=O)N1CC=C2C(C#N)=C(N)C(C#N)(C#N)[C@@H](c3ccc(F)c(F)c3)[C@H]2C1. The number of hydrogen-bond donors (Lipinski definition) is 1. The van der Waals surface area contributed by atoms with E-state index in [1.807, 2.05) is 18.2 Å². The standard InChI is InChI=1S/C20H15F2N5O/c1-11(28)27-5-4-13-14(7-23)19(26)20(9-24,10-25)18(15(13)8-27)12-2-3-16(21)17(22)6-12/h2-4,6,15,18H,5,8,26H2,1H3/t15-,18-/m0/s1. The van der Waals surface area contributed by atoms with Crippen LogP contribution in [0.1, 0.15) is 18.4 Å². The molecule has 140 valence electrons. The Kier molecular flexibility index (Phi) is 4.63. The molecule has 1 amide bonds. The molecule has 28 heavy (non-hydrogen) atoms. The highest BCUT2D eigenvalue weighted by Crippen LogP contribution is 2.54. The summed E-state index contributed by atoms with van der Waals surface area (Å²) >= 11 is 0. The van der Waals surface area contributed by atoms with Crippen LogP contribution in [0.4, 0.5) is 8.78 Å². The number of nitriles is 3. The number of nitrogens with zero attached hydrogens (tertiary/aromatic N) is 4. The number of fused-ring (bicyclic) bond motifs is 1. The van der Waals surface area contributed by atoms with Gasteiger partial charge in [-0.1, -0.05) is 12.1 Å². The molecule has 6 nitrogen and oxygen atoms in total. The number of carbonyl (C=O) groups excluding carboxylic acids is 1. The number of nitrogens with two attached hydrogens (primary N) is 1. The van der Waals surface area contributed by atoms with Gasteiger partial charge in [-0.25, -0.2) is 8.78 Å². The van der Waals surface area contributed by atoms with E-state index < -0.39 is 28.9 Å². The van der Waals surface area contributed by atoms with E-state index in [4.69, 9.17) is 5.73 Å². The molecule has 1 aromatic rings. The van der Waals surface area contributed by atoms with E-state index in [2.05, 4.69) is 0 Å². The fourth-order valence-corrected chi connectivity index (χ4v) is 4.02. The van der Waals surface area contributed by atoms with E-state index in [0.29, 0.717) is 5.57 Å². The Morgan fingerprint density at radius 1 is 1.25 bits per heavy atom. The third kappa shape index (κ3) is 2.61. The predicted molar refractivity (Wildman–Crippen MR) is 93.4 cm³/mol. The van der Waals surface area contributed by atoms with Crippen molar-refractivity contribution in [1.82, 2.24) is 4.90 Å². The van der Waals surface area contributed by atoms with E-state index in [0.717, 1.165) is 12.1 Å². The number of carbonyl (C=O) groups is 1. The molecule has 2 aliphatic rings. The molecular formula is C20H15F2N5O. The molecule has 1 aromatic carbocycles. The van der Waals surface area contributed by atoms with Crippen LogP contribution in [0, 0.1) is 57.0 Å². The van der Waals surface area contributed by atoms with Gasteiger partial charge in [-0.2, -0.15) is 15.8 Å². The van der Waals surface area contributed by atoms with Crippen molar-refractivity contribution in [2.75, 3.05) is 13.1 Å².